The maximum Gasteiger partial charge on any atom is 0.416 e. The van der Waals surface area contributed by atoms with Gasteiger partial charge in [-0.3, -0.25) is 10.4 Å². The quantitative estimate of drug-likeness (QED) is 0.604. The lowest BCUT2D eigenvalue weighted by Crippen LogP contribution is -2.13. The van der Waals surface area contributed by atoms with Crippen molar-refractivity contribution in [3.05, 3.63) is 35.4 Å². The Balaban J connectivity index is 2.83. The maximum atomic E-state index is 12.3. The molecule has 1 aromatic rings. The van der Waals surface area contributed by atoms with Gasteiger partial charge in [-0.05, 0) is 17.7 Å². The molecule has 0 aromatic heterocycles. The van der Waals surface area contributed by atoms with Gasteiger partial charge in [-0.2, -0.15) is 13.2 Å². The second-order valence-corrected chi connectivity index (χ2v) is 3.12. The molecule has 0 saturated heterocycles. The van der Waals surface area contributed by atoms with E-state index in [4.69, 9.17) is 11.1 Å². The average molecular weight is 229 g/mol. The summed E-state index contributed by atoms with van der Waals surface area (Å²) in [6.45, 7) is -0.0176. The lowest BCUT2D eigenvalue weighted by atomic mass is 10.1. The van der Waals surface area contributed by atoms with Crippen LogP contribution in [0.15, 0.2) is 29.3 Å². The van der Waals surface area contributed by atoms with Gasteiger partial charge in [0, 0.05) is 6.21 Å². The molecule has 1 rings (SSSR count). The van der Waals surface area contributed by atoms with Crippen molar-refractivity contribution in [2.75, 3.05) is 6.54 Å². The first-order valence-electron chi connectivity index (χ1n) is 4.39. The van der Waals surface area contributed by atoms with Gasteiger partial charge in [0.15, 0.2) is 0 Å². The molecule has 0 aliphatic carbocycles. The Bertz CT molecular complexity index is 410. The van der Waals surface area contributed by atoms with Crippen LogP contribution in [0.4, 0.5) is 13.2 Å². The van der Waals surface area contributed by atoms with Gasteiger partial charge in [0.2, 0.25) is 0 Å². The summed E-state index contributed by atoms with van der Waals surface area (Å²) in [6, 6.07) is 4.78. The first kappa shape index (κ1) is 12.2. The monoisotopic (exact) mass is 229 g/mol. The van der Waals surface area contributed by atoms with Gasteiger partial charge in [0.1, 0.15) is 5.84 Å². The maximum absolute atomic E-state index is 12.3. The van der Waals surface area contributed by atoms with E-state index in [1.165, 1.54) is 18.3 Å². The van der Waals surface area contributed by atoms with E-state index in [2.05, 4.69) is 4.99 Å². The van der Waals surface area contributed by atoms with Crippen molar-refractivity contribution in [1.82, 2.24) is 0 Å². The highest BCUT2D eigenvalue weighted by Crippen LogP contribution is 2.29. The van der Waals surface area contributed by atoms with Crippen LogP contribution in [0.1, 0.15) is 11.1 Å². The number of nitrogens with two attached hydrogens (primary N) is 1. The van der Waals surface area contributed by atoms with Crippen LogP contribution in [0.2, 0.25) is 0 Å². The molecule has 0 atom stereocenters. The van der Waals surface area contributed by atoms with Crippen LogP contribution in [-0.4, -0.2) is 18.6 Å². The van der Waals surface area contributed by atoms with Crippen LogP contribution in [0.5, 0.6) is 0 Å². The zero-order valence-electron chi connectivity index (χ0n) is 8.25. The molecule has 1 aromatic carbocycles. The molecule has 0 unspecified atom stereocenters. The zero-order chi connectivity index (χ0) is 12.2. The third kappa shape index (κ3) is 3.72. The number of nitrogens with zero attached hydrogens (tertiary/aromatic N) is 1. The molecule has 0 heterocycles. The SMILES string of the molecule is N=C(N)CN=Cc1cccc(C(F)(F)F)c1. The molecule has 0 aliphatic heterocycles. The minimum Gasteiger partial charge on any atom is -0.386 e. The van der Waals surface area contributed by atoms with Gasteiger partial charge in [-0.1, -0.05) is 12.1 Å². The van der Waals surface area contributed by atoms with Crippen molar-refractivity contribution in [3.8, 4) is 0 Å². The summed E-state index contributed by atoms with van der Waals surface area (Å²) in [5.74, 6) is -0.136. The topological polar surface area (TPSA) is 62.2 Å². The highest BCUT2D eigenvalue weighted by atomic mass is 19.4. The number of nitrogens with one attached hydrogen (secondary N) is 1. The van der Waals surface area contributed by atoms with Crippen molar-refractivity contribution in [3.63, 3.8) is 0 Å². The van der Waals surface area contributed by atoms with E-state index in [0.717, 1.165) is 12.1 Å². The fourth-order valence-corrected chi connectivity index (χ4v) is 1.04. The molecule has 3 N–H and O–H groups in total. The predicted molar refractivity (Wildman–Crippen MR) is 55.8 cm³/mol. The van der Waals surface area contributed by atoms with Crippen LogP contribution in [0.25, 0.3) is 0 Å². The van der Waals surface area contributed by atoms with Gasteiger partial charge >= 0.3 is 6.18 Å². The summed E-state index contributed by atoms with van der Waals surface area (Å²) in [7, 11) is 0. The van der Waals surface area contributed by atoms with E-state index < -0.39 is 11.7 Å². The Hall–Kier alpha value is -1.85. The van der Waals surface area contributed by atoms with Crippen LogP contribution < -0.4 is 5.73 Å². The Morgan fingerprint density at radius 1 is 1.44 bits per heavy atom. The van der Waals surface area contributed by atoms with Gasteiger partial charge in [-0.25, -0.2) is 0 Å². The second-order valence-electron chi connectivity index (χ2n) is 3.12. The summed E-state index contributed by atoms with van der Waals surface area (Å²) in [4.78, 5) is 3.72. The molecule has 0 aliphatic rings. The molecule has 3 nitrogen and oxygen atoms in total. The van der Waals surface area contributed by atoms with E-state index in [0.29, 0.717) is 5.56 Å². The first-order chi connectivity index (χ1) is 7.39. The first-order valence-corrected chi connectivity index (χ1v) is 4.39. The van der Waals surface area contributed by atoms with Crippen LogP contribution in [0, 0.1) is 5.41 Å². The van der Waals surface area contributed by atoms with Gasteiger partial charge in [-0.15, -0.1) is 0 Å². The van der Waals surface area contributed by atoms with E-state index in [1.807, 2.05) is 0 Å². The Morgan fingerprint density at radius 3 is 2.69 bits per heavy atom. The number of hydrogen-bond acceptors (Lipinski definition) is 2. The van der Waals surface area contributed by atoms with Crippen LogP contribution >= 0.6 is 0 Å². The third-order valence-corrected chi connectivity index (χ3v) is 1.72. The summed E-state index contributed by atoms with van der Waals surface area (Å²) >= 11 is 0. The normalized spacial score (nSPS) is 11.9. The van der Waals surface area contributed by atoms with Crippen molar-refractivity contribution < 1.29 is 13.2 Å². The largest absolute Gasteiger partial charge is 0.416 e. The lowest BCUT2D eigenvalue weighted by Gasteiger charge is -2.06. The minimum atomic E-state index is -4.36. The molecule has 6 heteroatoms. The molecule has 0 fully saturated rings. The Morgan fingerprint density at radius 2 is 2.12 bits per heavy atom. The minimum absolute atomic E-state index is 0.0176. The van der Waals surface area contributed by atoms with Crippen LogP contribution in [0.3, 0.4) is 0 Å². The van der Waals surface area contributed by atoms with Gasteiger partial charge in [0.25, 0.3) is 0 Å². The molecular weight excluding hydrogens is 219 g/mol. The van der Waals surface area contributed by atoms with E-state index >= 15 is 0 Å². The Kier molecular flexibility index (Phi) is 3.65. The number of alkyl halides is 3. The van der Waals surface area contributed by atoms with Crippen molar-refractivity contribution in [2.45, 2.75) is 6.18 Å². The van der Waals surface area contributed by atoms with Crippen molar-refractivity contribution >= 4 is 12.1 Å². The number of benzene rings is 1. The summed E-state index contributed by atoms with van der Waals surface area (Å²) in [5.41, 5.74) is 4.65. The highest BCUT2D eigenvalue weighted by molar-refractivity contribution is 5.84. The number of amidine groups is 1. The predicted octanol–water partition coefficient (Wildman–Crippen LogP) is 2.06. The summed E-state index contributed by atoms with van der Waals surface area (Å²) < 4.78 is 37.0. The summed E-state index contributed by atoms with van der Waals surface area (Å²) in [6.07, 6.45) is -3.10. The zero-order valence-corrected chi connectivity index (χ0v) is 8.25. The third-order valence-electron chi connectivity index (χ3n) is 1.72. The second kappa shape index (κ2) is 4.78. The molecule has 0 spiro atoms. The number of halogens is 3. The molecule has 86 valence electrons. The number of aliphatic imine (C=N–C) groups is 1. The van der Waals surface area contributed by atoms with Gasteiger partial charge < -0.3 is 5.73 Å². The van der Waals surface area contributed by atoms with E-state index in [9.17, 15) is 13.2 Å². The highest BCUT2D eigenvalue weighted by Gasteiger charge is 2.30. The molecular formula is C10H10F3N3. The lowest BCUT2D eigenvalue weighted by molar-refractivity contribution is -0.137. The molecule has 0 radical (unpaired) electrons. The van der Waals surface area contributed by atoms with Crippen molar-refractivity contribution in [1.29, 1.82) is 5.41 Å². The standard InChI is InChI=1S/C10H10F3N3/c11-10(12,13)8-3-1-2-7(4-8)5-16-6-9(14)15/h1-5H,6H2,(H3,14,15). The molecule has 16 heavy (non-hydrogen) atoms. The Labute approximate surface area is 90.3 Å². The van der Waals surface area contributed by atoms with Crippen molar-refractivity contribution in [2.24, 2.45) is 10.7 Å². The molecule has 0 bridgehead atoms. The smallest absolute Gasteiger partial charge is 0.386 e. The van der Waals surface area contributed by atoms with Crippen LogP contribution in [-0.2, 0) is 6.18 Å². The molecule has 0 saturated carbocycles. The number of hydrogen-bond donors (Lipinski definition) is 2. The summed E-state index contributed by atoms with van der Waals surface area (Å²) in [5, 5.41) is 6.89. The fourth-order valence-electron chi connectivity index (χ4n) is 1.04. The fraction of sp³-hybridized carbons (Fsp3) is 0.200. The molecule has 0 amide bonds. The van der Waals surface area contributed by atoms with E-state index in [1.54, 1.807) is 0 Å². The van der Waals surface area contributed by atoms with E-state index in [-0.39, 0.29) is 12.4 Å². The average Bonchev–Trinajstić information content (AvgIpc) is 2.16. The van der Waals surface area contributed by atoms with Gasteiger partial charge in [0.05, 0.1) is 12.1 Å². The number of rotatable bonds is 3.